The lowest BCUT2D eigenvalue weighted by Crippen LogP contribution is -2.09. The van der Waals surface area contributed by atoms with Crippen LogP contribution in [0.4, 0.5) is 0 Å². The number of nitrogens with two attached hydrogens (primary N) is 1. The minimum Gasteiger partial charge on any atom is -0.393 e. The van der Waals surface area contributed by atoms with E-state index in [1.807, 2.05) is 12.1 Å². The second-order valence-corrected chi connectivity index (χ2v) is 2.34. The van der Waals surface area contributed by atoms with Gasteiger partial charge in [0.15, 0.2) is 0 Å². The normalized spacial score (nSPS) is 8.30. The lowest BCUT2D eigenvalue weighted by Gasteiger charge is -1.95. The van der Waals surface area contributed by atoms with Gasteiger partial charge in [-0.2, -0.15) is 10.5 Å². The van der Waals surface area contributed by atoms with Gasteiger partial charge >= 0.3 is 0 Å². The summed E-state index contributed by atoms with van der Waals surface area (Å²) in [7, 11) is 0. The number of hydrogen-bond donors (Lipinski definition) is 1. The molecule has 0 aromatic heterocycles. The molecule has 0 radical (unpaired) electrons. The number of nitriles is 2. The molecular formula is C6H7N3S. The molecule has 0 unspecified atom stereocenters. The van der Waals surface area contributed by atoms with Crippen molar-refractivity contribution in [2.75, 3.05) is 0 Å². The summed E-state index contributed by atoms with van der Waals surface area (Å²) in [4.78, 5) is 0.357. The van der Waals surface area contributed by atoms with E-state index < -0.39 is 5.92 Å². The average Bonchev–Trinajstić information content (AvgIpc) is 1.90. The fourth-order valence-corrected chi connectivity index (χ4v) is 0.562. The van der Waals surface area contributed by atoms with Gasteiger partial charge in [-0.25, -0.2) is 0 Å². The van der Waals surface area contributed by atoms with E-state index in [0.29, 0.717) is 17.8 Å². The van der Waals surface area contributed by atoms with Crippen molar-refractivity contribution in [2.45, 2.75) is 12.8 Å². The Labute approximate surface area is 65.0 Å². The van der Waals surface area contributed by atoms with Crippen molar-refractivity contribution in [1.82, 2.24) is 0 Å². The Morgan fingerprint density at radius 1 is 1.50 bits per heavy atom. The van der Waals surface area contributed by atoms with E-state index >= 15 is 0 Å². The Morgan fingerprint density at radius 3 is 2.30 bits per heavy atom. The number of nitrogens with zero attached hydrogens (tertiary/aromatic N) is 2. The third kappa shape index (κ3) is 3.82. The second kappa shape index (κ2) is 4.72. The van der Waals surface area contributed by atoms with Gasteiger partial charge in [0.1, 0.15) is 5.92 Å². The molecular weight excluding hydrogens is 146 g/mol. The van der Waals surface area contributed by atoms with Crippen LogP contribution >= 0.6 is 12.2 Å². The molecule has 3 nitrogen and oxygen atoms in total. The van der Waals surface area contributed by atoms with Crippen LogP contribution in [-0.2, 0) is 0 Å². The monoisotopic (exact) mass is 153 g/mol. The van der Waals surface area contributed by atoms with Crippen molar-refractivity contribution >= 4 is 17.2 Å². The maximum atomic E-state index is 8.28. The number of thiocarbonyl (C=S) groups is 1. The summed E-state index contributed by atoms with van der Waals surface area (Å²) < 4.78 is 0. The Kier molecular flexibility index (Phi) is 4.19. The van der Waals surface area contributed by atoms with Crippen LogP contribution in [0.1, 0.15) is 12.8 Å². The summed E-state index contributed by atoms with van der Waals surface area (Å²) in [5.41, 5.74) is 5.16. The third-order valence-corrected chi connectivity index (χ3v) is 1.20. The molecule has 10 heavy (non-hydrogen) atoms. The molecule has 0 aliphatic carbocycles. The zero-order valence-corrected chi connectivity index (χ0v) is 6.19. The smallest absolute Gasteiger partial charge is 0.133 e. The third-order valence-electron chi connectivity index (χ3n) is 0.991. The summed E-state index contributed by atoms with van der Waals surface area (Å²) in [6.07, 6.45) is 0.920. The van der Waals surface area contributed by atoms with E-state index in [0.717, 1.165) is 0 Å². The highest BCUT2D eigenvalue weighted by Crippen LogP contribution is 2.02. The molecule has 0 aromatic rings. The van der Waals surface area contributed by atoms with E-state index in [4.69, 9.17) is 16.3 Å². The molecule has 52 valence electrons. The minimum absolute atomic E-state index is 0.357. The van der Waals surface area contributed by atoms with Crippen LogP contribution in [-0.4, -0.2) is 4.99 Å². The maximum Gasteiger partial charge on any atom is 0.133 e. The Hall–Kier alpha value is -1.13. The van der Waals surface area contributed by atoms with Gasteiger partial charge in [0, 0.05) is 0 Å². The largest absolute Gasteiger partial charge is 0.393 e. The summed E-state index contributed by atoms with van der Waals surface area (Å²) >= 11 is 4.57. The highest BCUT2D eigenvalue weighted by atomic mass is 32.1. The standard InChI is InChI=1S/C6H7N3S/c7-3-5(4-8)1-2-6(9)10/h5H,1-2H2,(H2,9,10). The lowest BCUT2D eigenvalue weighted by atomic mass is 10.1. The minimum atomic E-state index is -0.568. The molecule has 0 heterocycles. The molecule has 0 bridgehead atoms. The van der Waals surface area contributed by atoms with E-state index in [-0.39, 0.29) is 0 Å². The first-order valence-corrected chi connectivity index (χ1v) is 3.19. The Balaban J connectivity index is 3.61. The van der Waals surface area contributed by atoms with E-state index in [1.54, 1.807) is 0 Å². The molecule has 0 amide bonds. The van der Waals surface area contributed by atoms with Gasteiger partial charge in [0.05, 0.1) is 17.1 Å². The molecule has 0 atom stereocenters. The summed E-state index contributed by atoms with van der Waals surface area (Å²) in [6.45, 7) is 0. The van der Waals surface area contributed by atoms with Crippen molar-refractivity contribution in [2.24, 2.45) is 11.7 Å². The van der Waals surface area contributed by atoms with Gasteiger partial charge in [-0.1, -0.05) is 12.2 Å². The van der Waals surface area contributed by atoms with Crippen LogP contribution in [0.3, 0.4) is 0 Å². The Bertz CT molecular complexity index is 184. The van der Waals surface area contributed by atoms with Crippen LogP contribution in [0.15, 0.2) is 0 Å². The quantitative estimate of drug-likeness (QED) is 0.606. The molecule has 0 spiro atoms. The van der Waals surface area contributed by atoms with Gasteiger partial charge in [-0.15, -0.1) is 0 Å². The topological polar surface area (TPSA) is 73.6 Å². The van der Waals surface area contributed by atoms with Gasteiger partial charge in [0.2, 0.25) is 0 Å². The summed E-state index contributed by atoms with van der Waals surface area (Å²) in [6, 6.07) is 3.66. The first kappa shape index (κ1) is 8.87. The molecule has 4 heteroatoms. The second-order valence-electron chi connectivity index (χ2n) is 1.82. The fraction of sp³-hybridized carbons (Fsp3) is 0.500. The van der Waals surface area contributed by atoms with Gasteiger partial charge in [-0.05, 0) is 12.8 Å². The van der Waals surface area contributed by atoms with Gasteiger partial charge in [0.25, 0.3) is 0 Å². The zero-order chi connectivity index (χ0) is 7.98. The first-order valence-electron chi connectivity index (χ1n) is 2.78. The van der Waals surface area contributed by atoms with Crippen molar-refractivity contribution in [3.05, 3.63) is 0 Å². The number of rotatable bonds is 3. The van der Waals surface area contributed by atoms with E-state index in [9.17, 15) is 0 Å². The number of hydrogen-bond acceptors (Lipinski definition) is 3. The van der Waals surface area contributed by atoms with Crippen molar-refractivity contribution in [3.8, 4) is 12.1 Å². The Morgan fingerprint density at radius 2 is 2.00 bits per heavy atom. The maximum absolute atomic E-state index is 8.28. The molecule has 0 aromatic carbocycles. The molecule has 0 rings (SSSR count). The molecule has 0 aliphatic heterocycles. The van der Waals surface area contributed by atoms with Crippen molar-refractivity contribution in [3.63, 3.8) is 0 Å². The first-order chi connectivity index (χ1) is 4.70. The predicted octanol–water partition coefficient (Wildman–Crippen LogP) is 0.716. The molecule has 0 saturated carbocycles. The predicted molar refractivity (Wildman–Crippen MR) is 40.7 cm³/mol. The van der Waals surface area contributed by atoms with Crippen LogP contribution in [0.25, 0.3) is 0 Å². The molecule has 0 saturated heterocycles. The van der Waals surface area contributed by atoms with E-state index in [2.05, 4.69) is 12.2 Å². The van der Waals surface area contributed by atoms with Gasteiger partial charge in [-0.3, -0.25) is 0 Å². The van der Waals surface area contributed by atoms with E-state index in [1.165, 1.54) is 0 Å². The molecule has 0 fully saturated rings. The SMILES string of the molecule is N#CC(C#N)CCC(N)=S. The highest BCUT2D eigenvalue weighted by Gasteiger charge is 2.04. The highest BCUT2D eigenvalue weighted by molar-refractivity contribution is 7.80. The fourth-order valence-electron chi connectivity index (χ4n) is 0.445. The summed E-state index contributed by atoms with van der Waals surface area (Å²) in [5.74, 6) is -0.568. The summed E-state index contributed by atoms with van der Waals surface area (Å²) in [5, 5.41) is 16.6. The van der Waals surface area contributed by atoms with Crippen LogP contribution in [0.2, 0.25) is 0 Å². The average molecular weight is 153 g/mol. The zero-order valence-electron chi connectivity index (χ0n) is 5.37. The van der Waals surface area contributed by atoms with Crippen LogP contribution in [0.5, 0.6) is 0 Å². The molecule has 2 N–H and O–H groups in total. The van der Waals surface area contributed by atoms with Crippen molar-refractivity contribution < 1.29 is 0 Å². The van der Waals surface area contributed by atoms with Crippen LogP contribution < -0.4 is 5.73 Å². The van der Waals surface area contributed by atoms with Crippen molar-refractivity contribution in [1.29, 1.82) is 10.5 Å². The molecule has 0 aliphatic rings. The van der Waals surface area contributed by atoms with Gasteiger partial charge < -0.3 is 5.73 Å². The van der Waals surface area contributed by atoms with Crippen LogP contribution in [0, 0.1) is 28.6 Å². The lowest BCUT2D eigenvalue weighted by molar-refractivity contribution is 0.764.